The minimum Gasteiger partial charge on any atom is -0.349 e. The number of hydrogen-bond donors (Lipinski definition) is 0. The predicted octanol–water partition coefficient (Wildman–Crippen LogP) is 4.71. The molecular formula is C28H18F3NO5. The van der Waals surface area contributed by atoms with E-state index in [-0.39, 0.29) is 11.1 Å². The van der Waals surface area contributed by atoms with Crippen LogP contribution in [0.25, 0.3) is 0 Å². The van der Waals surface area contributed by atoms with Crippen molar-refractivity contribution >= 4 is 29.1 Å². The molecule has 3 aromatic rings. The van der Waals surface area contributed by atoms with Crippen molar-refractivity contribution < 1.29 is 37.1 Å². The summed E-state index contributed by atoms with van der Waals surface area (Å²) in [5.41, 5.74) is -2.75. The van der Waals surface area contributed by atoms with Crippen molar-refractivity contribution in [3.05, 3.63) is 101 Å². The minimum absolute atomic E-state index is 0.0465. The first-order chi connectivity index (χ1) is 17.6. The van der Waals surface area contributed by atoms with Crippen LogP contribution >= 0.6 is 0 Å². The summed E-state index contributed by atoms with van der Waals surface area (Å²) in [7, 11) is 0. The first-order valence-electron chi connectivity index (χ1n) is 11.5. The molecule has 0 saturated carbocycles. The van der Waals surface area contributed by atoms with Gasteiger partial charge in [-0.3, -0.25) is 19.2 Å². The third-order valence-electron chi connectivity index (χ3n) is 7.38. The van der Waals surface area contributed by atoms with Crippen LogP contribution in [-0.2, 0) is 20.5 Å². The van der Waals surface area contributed by atoms with Crippen LogP contribution in [0.15, 0.2) is 72.8 Å². The maximum absolute atomic E-state index is 13.9. The zero-order valence-electron chi connectivity index (χ0n) is 19.3. The van der Waals surface area contributed by atoms with E-state index in [1.165, 1.54) is 18.2 Å². The number of nitrogens with zero attached hydrogens (tertiary/aromatic N) is 1. The molecular weight excluding hydrogens is 487 g/mol. The van der Waals surface area contributed by atoms with Gasteiger partial charge in [-0.15, -0.1) is 0 Å². The molecule has 3 aliphatic rings. The quantitative estimate of drug-likeness (QED) is 0.372. The van der Waals surface area contributed by atoms with Gasteiger partial charge < -0.3 is 4.74 Å². The summed E-state index contributed by atoms with van der Waals surface area (Å²) in [6.07, 6.45) is -6.05. The van der Waals surface area contributed by atoms with Crippen molar-refractivity contribution in [3.8, 4) is 0 Å². The molecule has 0 bridgehead atoms. The van der Waals surface area contributed by atoms with Crippen LogP contribution in [0.5, 0.6) is 0 Å². The molecule has 0 unspecified atom stereocenters. The van der Waals surface area contributed by atoms with Gasteiger partial charge in [-0.05, 0) is 24.6 Å². The number of halogens is 3. The zero-order valence-corrected chi connectivity index (χ0v) is 19.3. The van der Waals surface area contributed by atoms with Gasteiger partial charge in [0, 0.05) is 11.1 Å². The molecule has 3 aromatic carbocycles. The molecule has 0 aromatic heterocycles. The first kappa shape index (κ1) is 23.3. The number of imide groups is 1. The molecule has 0 N–H and O–H groups in total. The summed E-state index contributed by atoms with van der Waals surface area (Å²) in [6.45, 7) is 1.84. The smallest absolute Gasteiger partial charge is 0.349 e. The monoisotopic (exact) mass is 505 g/mol. The van der Waals surface area contributed by atoms with Crippen molar-refractivity contribution in [2.75, 3.05) is 4.90 Å². The number of para-hydroxylation sites is 1. The van der Waals surface area contributed by atoms with E-state index in [0.29, 0.717) is 10.5 Å². The average molecular weight is 505 g/mol. The number of benzene rings is 3. The fraction of sp³-hybridized carbons (Fsp3) is 0.214. The first-order valence-corrected chi connectivity index (χ1v) is 11.5. The number of aryl methyl sites for hydroxylation is 1. The van der Waals surface area contributed by atoms with Gasteiger partial charge in [-0.25, -0.2) is 4.90 Å². The zero-order chi connectivity index (χ0) is 26.3. The third-order valence-corrected chi connectivity index (χ3v) is 7.38. The Hall–Kier alpha value is -4.11. The Bertz CT molecular complexity index is 1480. The van der Waals surface area contributed by atoms with Crippen LogP contribution in [0.3, 0.4) is 0 Å². The van der Waals surface area contributed by atoms with Crippen molar-refractivity contribution in [3.63, 3.8) is 0 Å². The SMILES string of the molecule is Cc1ccc([C@H]2OC3(C(=O)c4ccccc4C3=O)[C@@H]3C(=O)N(c4ccccc4C(F)(F)F)C(=O)[C@H]23)cc1. The lowest BCUT2D eigenvalue weighted by Gasteiger charge is -2.28. The molecule has 9 heteroatoms. The normalized spacial score (nSPS) is 24.2. The summed E-state index contributed by atoms with van der Waals surface area (Å²) in [5, 5.41) is 0. The van der Waals surface area contributed by atoms with E-state index in [0.717, 1.165) is 23.8 Å². The van der Waals surface area contributed by atoms with Crippen LogP contribution in [-0.4, -0.2) is 29.0 Å². The van der Waals surface area contributed by atoms with E-state index in [1.54, 1.807) is 36.4 Å². The number of anilines is 1. The topological polar surface area (TPSA) is 80.8 Å². The molecule has 37 heavy (non-hydrogen) atoms. The fourth-order valence-electron chi connectivity index (χ4n) is 5.72. The van der Waals surface area contributed by atoms with Gasteiger partial charge in [0.15, 0.2) is 0 Å². The number of carbonyl (C=O) groups is 4. The van der Waals surface area contributed by atoms with E-state index >= 15 is 0 Å². The number of amides is 2. The van der Waals surface area contributed by atoms with Gasteiger partial charge in [0.05, 0.1) is 29.2 Å². The Morgan fingerprint density at radius 2 is 1.35 bits per heavy atom. The Morgan fingerprint density at radius 1 is 0.784 bits per heavy atom. The van der Waals surface area contributed by atoms with Gasteiger partial charge in [-0.1, -0.05) is 66.2 Å². The molecule has 1 spiro atoms. The highest BCUT2D eigenvalue weighted by Gasteiger charge is 2.75. The largest absolute Gasteiger partial charge is 0.418 e. The standard InChI is InChI=1S/C28H18F3NO5/c1-14-10-12-15(13-11-14)22-20-21(27(37-22)23(33)16-6-2-3-7-17(16)24(27)34)26(36)32(25(20)35)19-9-5-4-8-18(19)28(29,30)31/h2-13,20-22H,1H3/t20-,21-,22+/m0/s1. The summed E-state index contributed by atoms with van der Waals surface area (Å²) in [6, 6.07) is 17.0. The van der Waals surface area contributed by atoms with Gasteiger partial charge in [0.25, 0.3) is 0 Å². The number of carbonyl (C=O) groups excluding carboxylic acids is 4. The highest BCUT2D eigenvalue weighted by atomic mass is 19.4. The maximum atomic E-state index is 13.9. The highest BCUT2D eigenvalue weighted by Crippen LogP contribution is 2.58. The average Bonchev–Trinajstić information content (AvgIpc) is 3.44. The molecule has 1 aliphatic carbocycles. The van der Waals surface area contributed by atoms with Gasteiger partial charge in [-0.2, -0.15) is 13.2 Å². The van der Waals surface area contributed by atoms with Crippen LogP contribution in [0.1, 0.15) is 43.5 Å². The number of ketones is 2. The van der Waals surface area contributed by atoms with E-state index in [2.05, 4.69) is 0 Å². The van der Waals surface area contributed by atoms with Crippen LogP contribution in [0, 0.1) is 18.8 Å². The minimum atomic E-state index is -4.85. The maximum Gasteiger partial charge on any atom is 0.418 e. The molecule has 186 valence electrons. The van der Waals surface area contributed by atoms with Crippen LogP contribution in [0.2, 0.25) is 0 Å². The van der Waals surface area contributed by atoms with Crippen LogP contribution in [0.4, 0.5) is 18.9 Å². The Balaban J connectivity index is 1.56. The molecule has 3 atom stereocenters. The van der Waals surface area contributed by atoms with E-state index < -0.39 is 64.3 Å². The Kier molecular flexibility index (Phi) is 4.84. The lowest BCUT2D eigenvalue weighted by Crippen LogP contribution is -2.51. The number of alkyl halides is 3. The molecule has 2 amide bonds. The van der Waals surface area contributed by atoms with Crippen molar-refractivity contribution in [2.24, 2.45) is 11.8 Å². The lowest BCUT2D eigenvalue weighted by molar-refractivity contribution is -0.137. The summed E-state index contributed by atoms with van der Waals surface area (Å²) in [4.78, 5) is 55.6. The van der Waals surface area contributed by atoms with Gasteiger partial charge in [0.1, 0.15) is 0 Å². The van der Waals surface area contributed by atoms with Crippen molar-refractivity contribution in [2.45, 2.75) is 24.8 Å². The number of Topliss-reactive ketones (excluding diaryl/α,β-unsaturated/α-hetero) is 2. The highest BCUT2D eigenvalue weighted by molar-refractivity contribution is 6.37. The second kappa shape index (κ2) is 7.69. The number of fused-ring (bicyclic) bond motifs is 3. The second-order valence-electron chi connectivity index (χ2n) is 9.42. The number of rotatable bonds is 2. The van der Waals surface area contributed by atoms with Gasteiger partial charge in [0.2, 0.25) is 29.0 Å². The summed E-state index contributed by atoms with van der Waals surface area (Å²) < 4.78 is 47.7. The number of ether oxygens (including phenoxy) is 1. The molecule has 2 heterocycles. The Labute approximate surface area is 208 Å². The molecule has 6 rings (SSSR count). The summed E-state index contributed by atoms with van der Waals surface area (Å²) >= 11 is 0. The van der Waals surface area contributed by atoms with Crippen LogP contribution < -0.4 is 4.90 Å². The third kappa shape index (κ3) is 3.03. The molecule has 2 aliphatic heterocycles. The fourth-order valence-corrected chi connectivity index (χ4v) is 5.72. The summed E-state index contributed by atoms with van der Waals surface area (Å²) in [5.74, 6) is -6.57. The van der Waals surface area contributed by atoms with Crippen molar-refractivity contribution in [1.82, 2.24) is 0 Å². The van der Waals surface area contributed by atoms with E-state index in [4.69, 9.17) is 4.74 Å². The molecule has 2 saturated heterocycles. The van der Waals surface area contributed by atoms with E-state index in [9.17, 15) is 32.3 Å². The lowest BCUT2D eigenvalue weighted by atomic mass is 9.77. The molecule has 2 fully saturated rings. The Morgan fingerprint density at radius 3 is 1.95 bits per heavy atom. The number of hydrogen-bond acceptors (Lipinski definition) is 5. The predicted molar refractivity (Wildman–Crippen MR) is 124 cm³/mol. The van der Waals surface area contributed by atoms with Crippen molar-refractivity contribution in [1.29, 1.82) is 0 Å². The molecule has 6 nitrogen and oxygen atoms in total. The van der Waals surface area contributed by atoms with E-state index in [1.807, 2.05) is 6.92 Å². The van der Waals surface area contributed by atoms with Gasteiger partial charge >= 0.3 is 6.18 Å². The second-order valence-corrected chi connectivity index (χ2v) is 9.42. The molecule has 0 radical (unpaired) electrons.